The van der Waals surface area contributed by atoms with Crippen molar-refractivity contribution in [2.75, 3.05) is 18.9 Å². The molecule has 6 heteroatoms. The van der Waals surface area contributed by atoms with Gasteiger partial charge in [-0.3, -0.25) is 0 Å². The van der Waals surface area contributed by atoms with Crippen molar-refractivity contribution in [1.29, 1.82) is 0 Å². The minimum absolute atomic E-state index is 0.173. The highest BCUT2D eigenvalue weighted by Gasteiger charge is 2.32. The fourth-order valence-electron chi connectivity index (χ4n) is 3.12. The van der Waals surface area contributed by atoms with E-state index in [1.807, 2.05) is 12.1 Å². The molecule has 0 aliphatic carbocycles. The molecule has 2 heterocycles. The van der Waals surface area contributed by atoms with Gasteiger partial charge < -0.3 is 10.1 Å². The van der Waals surface area contributed by atoms with Crippen molar-refractivity contribution in [2.45, 2.75) is 37.0 Å². The summed E-state index contributed by atoms with van der Waals surface area (Å²) in [5.74, 6) is 1.24. The molecule has 0 amide bonds. The Balaban J connectivity index is 1.74. The van der Waals surface area contributed by atoms with Gasteiger partial charge in [0.25, 0.3) is 0 Å². The zero-order chi connectivity index (χ0) is 14.9. The smallest absolute Gasteiger partial charge is 0.154 e. The third-order valence-electron chi connectivity index (χ3n) is 4.30. The number of rotatable bonds is 3. The maximum Gasteiger partial charge on any atom is 0.154 e. The number of ether oxygens (including phenoxy) is 1. The van der Waals surface area contributed by atoms with Gasteiger partial charge in [0.05, 0.1) is 17.6 Å². The molecular formula is C15H20BrNO3S. The Kier molecular flexibility index (Phi) is 4.57. The number of sulfone groups is 1. The summed E-state index contributed by atoms with van der Waals surface area (Å²) >= 11 is 3.46. The van der Waals surface area contributed by atoms with Crippen molar-refractivity contribution < 1.29 is 13.2 Å². The minimum Gasteiger partial charge on any atom is -0.493 e. The predicted molar refractivity (Wildman–Crippen MR) is 86.4 cm³/mol. The first-order valence-corrected chi connectivity index (χ1v) is 9.94. The summed E-state index contributed by atoms with van der Waals surface area (Å²) in [4.78, 5) is 0. The Morgan fingerprint density at radius 2 is 2.14 bits per heavy atom. The lowest BCUT2D eigenvalue weighted by atomic mass is 10.0. The molecule has 2 aliphatic heterocycles. The van der Waals surface area contributed by atoms with Crippen molar-refractivity contribution in [3.63, 3.8) is 0 Å². The lowest BCUT2D eigenvalue weighted by Gasteiger charge is -2.20. The zero-order valence-corrected chi connectivity index (χ0v) is 14.2. The molecule has 0 bridgehead atoms. The fourth-order valence-corrected chi connectivity index (χ4v) is 5.24. The average Bonchev–Trinajstić information content (AvgIpc) is 2.66. The van der Waals surface area contributed by atoms with Crippen LogP contribution in [0.3, 0.4) is 0 Å². The van der Waals surface area contributed by atoms with E-state index in [-0.39, 0.29) is 11.3 Å². The molecule has 116 valence electrons. The maximum atomic E-state index is 11.9. The van der Waals surface area contributed by atoms with Crippen LogP contribution in [-0.4, -0.2) is 32.6 Å². The molecule has 1 N–H and O–H groups in total. The summed E-state index contributed by atoms with van der Waals surface area (Å²) in [5.41, 5.74) is 1.13. The number of hydrogen-bond acceptors (Lipinski definition) is 4. The van der Waals surface area contributed by atoms with Crippen molar-refractivity contribution in [1.82, 2.24) is 5.32 Å². The van der Waals surface area contributed by atoms with E-state index in [0.717, 1.165) is 41.5 Å². The third kappa shape index (κ3) is 3.43. The molecule has 1 aromatic carbocycles. The summed E-state index contributed by atoms with van der Waals surface area (Å²) in [6.07, 6.45) is 3.53. The first-order valence-electron chi connectivity index (χ1n) is 7.43. The predicted octanol–water partition coefficient (Wildman–Crippen LogP) is 2.83. The fraction of sp³-hybridized carbons (Fsp3) is 0.600. The Labute approximate surface area is 134 Å². The van der Waals surface area contributed by atoms with Gasteiger partial charge in [0.2, 0.25) is 0 Å². The topological polar surface area (TPSA) is 55.4 Å². The highest BCUT2D eigenvalue weighted by molar-refractivity contribution is 9.10. The van der Waals surface area contributed by atoms with E-state index < -0.39 is 9.84 Å². The first-order chi connectivity index (χ1) is 10.1. The normalized spacial score (nSPS) is 27.7. The van der Waals surface area contributed by atoms with E-state index >= 15 is 0 Å². The Hall–Kier alpha value is -0.590. The Morgan fingerprint density at radius 1 is 1.29 bits per heavy atom. The highest BCUT2D eigenvalue weighted by atomic mass is 79.9. The minimum atomic E-state index is -2.88. The van der Waals surface area contributed by atoms with Gasteiger partial charge in [0, 0.05) is 22.6 Å². The summed E-state index contributed by atoms with van der Waals surface area (Å²) in [6.45, 7) is 1.26. The molecule has 1 fully saturated rings. The average molecular weight is 374 g/mol. The van der Waals surface area contributed by atoms with Crippen LogP contribution in [0.2, 0.25) is 0 Å². The summed E-state index contributed by atoms with van der Waals surface area (Å²) < 4.78 is 30.6. The second-order valence-electron chi connectivity index (χ2n) is 5.76. The molecule has 0 spiro atoms. The summed E-state index contributed by atoms with van der Waals surface area (Å²) in [5, 5.41) is 3.24. The van der Waals surface area contributed by atoms with Crippen molar-refractivity contribution in [3.05, 3.63) is 28.2 Å². The molecule has 1 saturated heterocycles. The van der Waals surface area contributed by atoms with Crippen LogP contribution in [0.25, 0.3) is 0 Å². The molecule has 4 nitrogen and oxygen atoms in total. The van der Waals surface area contributed by atoms with Gasteiger partial charge in [-0.15, -0.1) is 0 Å². The number of halogens is 1. The molecule has 0 aromatic heterocycles. The van der Waals surface area contributed by atoms with Gasteiger partial charge in [0.1, 0.15) is 5.75 Å². The van der Waals surface area contributed by atoms with Crippen LogP contribution in [0, 0.1) is 0 Å². The number of nitrogens with one attached hydrogen (secondary N) is 1. The Morgan fingerprint density at radius 3 is 2.90 bits per heavy atom. The van der Waals surface area contributed by atoms with Gasteiger partial charge >= 0.3 is 0 Å². The van der Waals surface area contributed by atoms with Gasteiger partial charge in [-0.25, -0.2) is 8.42 Å². The molecule has 3 rings (SSSR count). The zero-order valence-electron chi connectivity index (χ0n) is 11.8. The van der Waals surface area contributed by atoms with Crippen LogP contribution >= 0.6 is 15.9 Å². The molecule has 21 heavy (non-hydrogen) atoms. The van der Waals surface area contributed by atoms with Gasteiger partial charge in [-0.05, 0) is 37.8 Å². The maximum absolute atomic E-state index is 11.9. The quantitative estimate of drug-likeness (QED) is 0.884. The molecule has 0 radical (unpaired) electrons. The Bertz CT molecular complexity index is 617. The molecule has 2 unspecified atom stereocenters. The van der Waals surface area contributed by atoms with Gasteiger partial charge in [-0.2, -0.15) is 0 Å². The van der Waals surface area contributed by atoms with Crippen LogP contribution < -0.4 is 10.1 Å². The lowest BCUT2D eigenvalue weighted by Crippen LogP contribution is -2.33. The van der Waals surface area contributed by atoms with Crippen LogP contribution in [0.5, 0.6) is 5.75 Å². The van der Waals surface area contributed by atoms with E-state index in [0.29, 0.717) is 18.9 Å². The third-order valence-corrected chi connectivity index (χ3v) is 7.07. The number of benzene rings is 1. The lowest BCUT2D eigenvalue weighted by molar-refractivity contribution is 0.315. The van der Waals surface area contributed by atoms with Crippen LogP contribution in [0.1, 0.15) is 37.3 Å². The molecular weight excluding hydrogens is 354 g/mol. The van der Waals surface area contributed by atoms with Crippen molar-refractivity contribution in [2.24, 2.45) is 0 Å². The van der Waals surface area contributed by atoms with Crippen molar-refractivity contribution in [3.8, 4) is 5.75 Å². The molecule has 1 aromatic rings. The second-order valence-corrected chi connectivity index (χ2v) is 9.08. The van der Waals surface area contributed by atoms with E-state index in [1.165, 1.54) is 0 Å². The van der Waals surface area contributed by atoms with E-state index in [4.69, 9.17) is 4.74 Å². The van der Waals surface area contributed by atoms with Gasteiger partial charge in [-0.1, -0.05) is 22.0 Å². The van der Waals surface area contributed by atoms with Crippen LogP contribution in [0.15, 0.2) is 22.7 Å². The molecule has 2 aliphatic rings. The van der Waals surface area contributed by atoms with Crippen LogP contribution in [0.4, 0.5) is 0 Å². The standard InChI is InChI=1S/C15H20BrNO3S/c16-11-5-6-13-14(4-1-7-20-15(13)9-11)17-10-12-3-2-8-21(12,18)19/h5-6,9,12,14,17H,1-4,7-8,10H2. The molecule has 2 atom stereocenters. The first kappa shape index (κ1) is 15.3. The molecule has 0 saturated carbocycles. The highest BCUT2D eigenvalue weighted by Crippen LogP contribution is 2.34. The van der Waals surface area contributed by atoms with Crippen LogP contribution in [-0.2, 0) is 9.84 Å². The van der Waals surface area contributed by atoms with E-state index in [1.54, 1.807) is 0 Å². The van der Waals surface area contributed by atoms with E-state index in [2.05, 4.69) is 27.3 Å². The number of hydrogen-bond donors (Lipinski definition) is 1. The monoisotopic (exact) mass is 373 g/mol. The van der Waals surface area contributed by atoms with Gasteiger partial charge in [0.15, 0.2) is 9.84 Å². The SMILES string of the molecule is O=S1(=O)CCCC1CNC1CCCOc2cc(Br)ccc21. The summed E-state index contributed by atoms with van der Waals surface area (Å²) in [6, 6.07) is 6.23. The summed E-state index contributed by atoms with van der Waals surface area (Å²) in [7, 11) is -2.88. The van der Waals surface area contributed by atoms with E-state index in [9.17, 15) is 8.42 Å². The number of fused-ring (bicyclic) bond motifs is 1. The largest absolute Gasteiger partial charge is 0.493 e. The second kappa shape index (κ2) is 6.26. The van der Waals surface area contributed by atoms with Crippen molar-refractivity contribution >= 4 is 25.8 Å².